The van der Waals surface area contributed by atoms with Crippen LogP contribution in [0.5, 0.6) is 11.5 Å². The van der Waals surface area contributed by atoms with Crippen molar-refractivity contribution >= 4 is 21.6 Å². The van der Waals surface area contributed by atoms with E-state index in [1.54, 1.807) is 19.1 Å². The van der Waals surface area contributed by atoms with Crippen LogP contribution in [0.4, 0.5) is 5.69 Å². The molecule has 0 radical (unpaired) electrons. The molecule has 1 saturated heterocycles. The van der Waals surface area contributed by atoms with E-state index in [9.17, 15) is 23.3 Å². The lowest BCUT2D eigenvalue weighted by atomic mass is 10.1. The second-order valence-electron chi connectivity index (χ2n) is 9.74. The molecule has 2 heterocycles. The fourth-order valence-corrected chi connectivity index (χ4v) is 6.49. The Labute approximate surface area is 243 Å². The molecule has 0 unspecified atom stereocenters. The van der Waals surface area contributed by atoms with E-state index in [1.807, 2.05) is 66.1 Å². The molecule has 11 nitrogen and oxygen atoms in total. The van der Waals surface area contributed by atoms with Gasteiger partial charge in [-0.25, -0.2) is 8.42 Å². The standard InChI is InChI=1S/C30H30N4O7S/c1-21-28(20-29(22-7-11-25(40-2)12-8-22)33(21)24-5-4-6-26(19-24)41-3)30(35)31-15-17-32(18-16-31)42(38,39)27-13-9-23(10-14-27)34(36)37/h4-14,19-20H,15-18H2,1-3H3. The number of aromatic nitrogens is 1. The largest absolute Gasteiger partial charge is 0.497 e. The molecular formula is C30H30N4O7S. The van der Waals surface area contributed by atoms with Gasteiger partial charge in [0.25, 0.3) is 11.6 Å². The number of rotatable bonds is 8. The molecule has 12 heteroatoms. The van der Waals surface area contributed by atoms with E-state index in [4.69, 9.17) is 9.47 Å². The smallest absolute Gasteiger partial charge is 0.269 e. The lowest BCUT2D eigenvalue weighted by molar-refractivity contribution is -0.384. The lowest BCUT2D eigenvalue weighted by Gasteiger charge is -2.34. The number of nitrogens with zero attached hydrogens (tertiary/aromatic N) is 4. The number of amides is 1. The van der Waals surface area contributed by atoms with Gasteiger partial charge in [0.15, 0.2) is 0 Å². The lowest BCUT2D eigenvalue weighted by Crippen LogP contribution is -2.50. The Morgan fingerprint density at radius 2 is 1.50 bits per heavy atom. The predicted octanol–water partition coefficient (Wildman–Crippen LogP) is 4.52. The Morgan fingerprint density at radius 1 is 0.857 bits per heavy atom. The maximum Gasteiger partial charge on any atom is 0.269 e. The summed E-state index contributed by atoms with van der Waals surface area (Å²) in [6.45, 7) is 2.49. The number of benzene rings is 3. The minimum atomic E-state index is -3.87. The van der Waals surface area contributed by atoms with Crippen molar-refractivity contribution in [1.29, 1.82) is 0 Å². The van der Waals surface area contributed by atoms with Gasteiger partial charge in [-0.2, -0.15) is 4.31 Å². The molecule has 1 aromatic heterocycles. The van der Waals surface area contributed by atoms with E-state index < -0.39 is 14.9 Å². The van der Waals surface area contributed by atoms with E-state index in [2.05, 4.69) is 0 Å². The third kappa shape index (κ3) is 5.46. The first kappa shape index (κ1) is 28.8. The molecule has 1 amide bonds. The number of hydrogen-bond acceptors (Lipinski definition) is 7. The summed E-state index contributed by atoms with van der Waals surface area (Å²) in [5.74, 6) is 1.20. The van der Waals surface area contributed by atoms with Gasteiger partial charge in [0.1, 0.15) is 11.5 Å². The highest BCUT2D eigenvalue weighted by Gasteiger charge is 2.32. The Bertz CT molecular complexity index is 1720. The van der Waals surface area contributed by atoms with Gasteiger partial charge in [-0.1, -0.05) is 6.07 Å². The number of nitro groups is 1. The van der Waals surface area contributed by atoms with Crippen LogP contribution in [0.2, 0.25) is 0 Å². The van der Waals surface area contributed by atoms with Gasteiger partial charge in [-0.15, -0.1) is 0 Å². The summed E-state index contributed by atoms with van der Waals surface area (Å²) < 4.78 is 40.4. The molecule has 1 aliphatic heterocycles. The van der Waals surface area contributed by atoms with E-state index in [1.165, 1.54) is 28.6 Å². The van der Waals surface area contributed by atoms with Crippen LogP contribution in [-0.2, 0) is 10.0 Å². The summed E-state index contributed by atoms with van der Waals surface area (Å²) in [5, 5.41) is 10.9. The molecule has 42 heavy (non-hydrogen) atoms. The number of hydrogen-bond donors (Lipinski definition) is 0. The van der Waals surface area contributed by atoms with Crippen LogP contribution in [0.25, 0.3) is 16.9 Å². The van der Waals surface area contributed by atoms with Crippen molar-refractivity contribution in [2.75, 3.05) is 40.4 Å². The van der Waals surface area contributed by atoms with Gasteiger partial charge >= 0.3 is 0 Å². The molecule has 3 aromatic carbocycles. The van der Waals surface area contributed by atoms with Gasteiger partial charge in [-0.05, 0) is 67.1 Å². The number of carbonyl (C=O) groups excluding carboxylic acids is 1. The Hall–Kier alpha value is -4.68. The normalized spacial score (nSPS) is 14.0. The predicted molar refractivity (Wildman–Crippen MR) is 157 cm³/mol. The van der Waals surface area contributed by atoms with Gasteiger partial charge in [0.05, 0.1) is 35.3 Å². The highest BCUT2D eigenvalue weighted by Crippen LogP contribution is 2.33. The monoisotopic (exact) mass is 590 g/mol. The molecule has 0 bridgehead atoms. The highest BCUT2D eigenvalue weighted by molar-refractivity contribution is 7.89. The number of methoxy groups -OCH3 is 2. The molecule has 5 rings (SSSR count). The summed E-state index contributed by atoms with van der Waals surface area (Å²) in [6, 6.07) is 21.8. The second-order valence-corrected chi connectivity index (χ2v) is 11.7. The van der Waals surface area contributed by atoms with Crippen LogP contribution in [0.3, 0.4) is 0 Å². The highest BCUT2D eigenvalue weighted by atomic mass is 32.2. The first-order chi connectivity index (χ1) is 20.1. The molecule has 0 aliphatic carbocycles. The van der Waals surface area contributed by atoms with E-state index >= 15 is 0 Å². The van der Waals surface area contributed by atoms with Crippen molar-refractivity contribution in [2.45, 2.75) is 11.8 Å². The Morgan fingerprint density at radius 3 is 2.10 bits per heavy atom. The first-order valence-electron chi connectivity index (χ1n) is 13.2. The van der Waals surface area contributed by atoms with Crippen LogP contribution >= 0.6 is 0 Å². The van der Waals surface area contributed by atoms with Gasteiger partial charge in [-0.3, -0.25) is 14.9 Å². The zero-order chi connectivity index (χ0) is 30.0. The zero-order valence-corrected chi connectivity index (χ0v) is 24.2. The number of ether oxygens (including phenoxy) is 2. The molecular weight excluding hydrogens is 560 g/mol. The minimum absolute atomic E-state index is 0.0248. The molecule has 1 aliphatic rings. The molecule has 4 aromatic rings. The number of sulfonamides is 1. The molecule has 0 atom stereocenters. The SMILES string of the molecule is COc1ccc(-c2cc(C(=O)N3CCN(S(=O)(=O)c4ccc([N+](=O)[O-])cc4)CC3)c(C)n2-c2cccc(OC)c2)cc1. The van der Waals surface area contributed by atoms with Crippen molar-refractivity contribution in [3.63, 3.8) is 0 Å². The summed E-state index contributed by atoms with van der Waals surface area (Å²) in [4.78, 5) is 25.8. The van der Waals surface area contributed by atoms with Crippen molar-refractivity contribution in [3.8, 4) is 28.4 Å². The van der Waals surface area contributed by atoms with E-state index in [0.717, 1.165) is 22.6 Å². The summed E-state index contributed by atoms with van der Waals surface area (Å²) in [7, 11) is -0.664. The third-order valence-corrected chi connectivity index (χ3v) is 9.30. The van der Waals surface area contributed by atoms with Gasteiger partial charge < -0.3 is 18.9 Å². The average Bonchev–Trinajstić information content (AvgIpc) is 3.37. The quantitative estimate of drug-likeness (QED) is 0.218. The van der Waals surface area contributed by atoms with Crippen molar-refractivity contribution < 1.29 is 27.6 Å². The van der Waals surface area contributed by atoms with Crippen molar-refractivity contribution in [2.24, 2.45) is 0 Å². The molecule has 0 N–H and O–H groups in total. The second kappa shape index (κ2) is 11.7. The number of piperazine rings is 1. The summed E-state index contributed by atoms with van der Waals surface area (Å²) in [6.07, 6.45) is 0. The topological polar surface area (TPSA) is 124 Å². The Kier molecular flexibility index (Phi) is 8.01. The third-order valence-electron chi connectivity index (χ3n) is 7.39. The fourth-order valence-electron chi connectivity index (χ4n) is 5.07. The molecule has 0 saturated carbocycles. The van der Waals surface area contributed by atoms with Crippen molar-refractivity contribution in [3.05, 3.63) is 100 Å². The van der Waals surface area contributed by atoms with E-state index in [-0.39, 0.29) is 42.7 Å². The summed E-state index contributed by atoms with van der Waals surface area (Å²) in [5.41, 5.74) is 3.59. The molecule has 0 spiro atoms. The number of nitro benzene ring substituents is 1. The zero-order valence-electron chi connectivity index (χ0n) is 23.4. The number of non-ortho nitro benzene ring substituents is 1. The summed E-state index contributed by atoms with van der Waals surface area (Å²) >= 11 is 0. The Balaban J connectivity index is 1.42. The van der Waals surface area contributed by atoms with Gasteiger partial charge in [0.2, 0.25) is 10.0 Å². The van der Waals surface area contributed by atoms with Crippen LogP contribution in [-0.4, -0.2) is 73.4 Å². The van der Waals surface area contributed by atoms with Crippen LogP contribution in [0.15, 0.2) is 83.8 Å². The molecule has 1 fully saturated rings. The minimum Gasteiger partial charge on any atom is -0.497 e. The average molecular weight is 591 g/mol. The van der Waals surface area contributed by atoms with Crippen LogP contribution < -0.4 is 9.47 Å². The number of carbonyl (C=O) groups is 1. The van der Waals surface area contributed by atoms with Crippen molar-refractivity contribution in [1.82, 2.24) is 13.8 Å². The first-order valence-corrected chi connectivity index (χ1v) is 14.6. The van der Waals surface area contributed by atoms with Gasteiger partial charge in [0, 0.05) is 55.8 Å². The maximum absolute atomic E-state index is 13.8. The van der Waals surface area contributed by atoms with E-state index in [0.29, 0.717) is 17.1 Å². The molecule has 218 valence electrons. The van der Waals surface area contributed by atoms with Crippen LogP contribution in [0.1, 0.15) is 16.1 Å². The van der Waals surface area contributed by atoms with Crippen LogP contribution in [0, 0.1) is 17.0 Å². The maximum atomic E-state index is 13.8. The fraction of sp³-hybridized carbons (Fsp3) is 0.233.